The van der Waals surface area contributed by atoms with Crippen LogP contribution in [-0.2, 0) is 4.74 Å². The minimum atomic E-state index is -0.584. The van der Waals surface area contributed by atoms with Gasteiger partial charge < -0.3 is 14.5 Å². The molecule has 0 fully saturated rings. The van der Waals surface area contributed by atoms with E-state index in [1.165, 1.54) is 26.4 Å². The van der Waals surface area contributed by atoms with Crippen molar-refractivity contribution in [1.82, 2.24) is 4.98 Å². The van der Waals surface area contributed by atoms with E-state index in [0.29, 0.717) is 5.39 Å². The van der Waals surface area contributed by atoms with Gasteiger partial charge in [0.15, 0.2) is 5.75 Å². The van der Waals surface area contributed by atoms with Crippen LogP contribution in [0.15, 0.2) is 18.2 Å². The number of fused-ring (bicyclic) bond motifs is 1. The van der Waals surface area contributed by atoms with Crippen LogP contribution in [0.2, 0.25) is 0 Å². The number of carbonyl (C=O) groups excluding carboxylic acids is 1. The zero-order valence-corrected chi connectivity index (χ0v) is 9.72. The van der Waals surface area contributed by atoms with Crippen LogP contribution in [-0.4, -0.2) is 30.1 Å². The van der Waals surface area contributed by atoms with E-state index in [4.69, 9.17) is 4.74 Å². The van der Waals surface area contributed by atoms with Crippen LogP contribution < -0.4 is 4.74 Å². The third-order valence-corrected chi connectivity index (χ3v) is 2.54. The highest BCUT2D eigenvalue weighted by Crippen LogP contribution is 2.34. The molecule has 0 bridgehead atoms. The summed E-state index contributed by atoms with van der Waals surface area (Å²) in [6.45, 7) is 0. The number of nitrogens with zero attached hydrogens (tertiary/aromatic N) is 1. The molecule has 0 saturated heterocycles. The molecule has 1 aromatic carbocycles. The van der Waals surface area contributed by atoms with Crippen molar-refractivity contribution in [1.29, 1.82) is 0 Å². The maximum atomic E-state index is 11.4. The van der Waals surface area contributed by atoms with E-state index in [-0.39, 0.29) is 22.6 Å². The molecule has 18 heavy (non-hydrogen) atoms. The van der Waals surface area contributed by atoms with Gasteiger partial charge in [-0.1, -0.05) is 0 Å². The number of aromatic nitrogens is 1. The van der Waals surface area contributed by atoms with Crippen molar-refractivity contribution in [2.45, 2.75) is 0 Å². The predicted octanol–water partition coefficient (Wildman–Crippen LogP) is 1.87. The molecule has 7 nitrogen and oxygen atoms in total. The summed E-state index contributed by atoms with van der Waals surface area (Å²) in [4.78, 5) is 24.5. The summed E-state index contributed by atoms with van der Waals surface area (Å²) in [5, 5.41) is 11.6. The molecule has 7 heteroatoms. The zero-order valence-electron chi connectivity index (χ0n) is 9.72. The van der Waals surface area contributed by atoms with Gasteiger partial charge in [0.1, 0.15) is 11.2 Å². The summed E-state index contributed by atoms with van der Waals surface area (Å²) in [5.74, 6) is -0.453. The summed E-state index contributed by atoms with van der Waals surface area (Å²) in [6, 6.07) is 4.60. The quantitative estimate of drug-likeness (QED) is 0.509. The fourth-order valence-electron chi connectivity index (χ4n) is 1.73. The second kappa shape index (κ2) is 4.36. The van der Waals surface area contributed by atoms with Crippen LogP contribution >= 0.6 is 0 Å². The van der Waals surface area contributed by atoms with Crippen molar-refractivity contribution in [2.24, 2.45) is 0 Å². The van der Waals surface area contributed by atoms with Crippen LogP contribution in [0.3, 0.4) is 0 Å². The Bertz CT molecular complexity index is 632. The van der Waals surface area contributed by atoms with Crippen molar-refractivity contribution in [3.8, 4) is 5.75 Å². The number of rotatable bonds is 3. The lowest BCUT2D eigenvalue weighted by molar-refractivity contribution is -0.384. The van der Waals surface area contributed by atoms with Gasteiger partial charge in [-0.25, -0.2) is 4.79 Å². The molecule has 0 unspecified atom stereocenters. The standard InChI is InChI=1S/C11H10N2O5/c1-17-8-4-3-6-5-7(11(14)18-2)12-9(6)10(8)13(15)16/h3-5,12H,1-2H3. The number of methoxy groups -OCH3 is 2. The number of benzene rings is 1. The number of nitro groups is 1. The molecule has 0 aliphatic carbocycles. The van der Waals surface area contributed by atoms with Gasteiger partial charge in [0.25, 0.3) is 0 Å². The van der Waals surface area contributed by atoms with Gasteiger partial charge in [-0.2, -0.15) is 0 Å². The molecule has 1 N–H and O–H groups in total. The van der Waals surface area contributed by atoms with Crippen LogP contribution in [0.4, 0.5) is 5.69 Å². The number of hydrogen-bond acceptors (Lipinski definition) is 5. The zero-order chi connectivity index (χ0) is 13.3. The molecule has 2 aromatic rings. The molecule has 1 heterocycles. The Hall–Kier alpha value is -2.57. The molecule has 0 aliphatic heterocycles. The number of aromatic amines is 1. The molecule has 0 aliphatic rings. The van der Waals surface area contributed by atoms with E-state index in [9.17, 15) is 14.9 Å². The highest BCUT2D eigenvalue weighted by molar-refractivity contribution is 5.98. The van der Waals surface area contributed by atoms with Crippen molar-refractivity contribution >= 4 is 22.6 Å². The van der Waals surface area contributed by atoms with E-state index in [1.807, 2.05) is 0 Å². The molecule has 0 spiro atoms. The third-order valence-electron chi connectivity index (χ3n) is 2.54. The molecule has 94 valence electrons. The number of carbonyl (C=O) groups is 1. The van der Waals surface area contributed by atoms with E-state index in [0.717, 1.165) is 0 Å². The van der Waals surface area contributed by atoms with Crippen LogP contribution in [0.25, 0.3) is 10.9 Å². The van der Waals surface area contributed by atoms with Crippen molar-refractivity contribution in [3.05, 3.63) is 34.0 Å². The fourth-order valence-corrected chi connectivity index (χ4v) is 1.73. The van der Waals surface area contributed by atoms with E-state index in [1.54, 1.807) is 6.07 Å². The number of nitrogens with one attached hydrogen (secondary N) is 1. The average molecular weight is 250 g/mol. The predicted molar refractivity (Wildman–Crippen MR) is 62.8 cm³/mol. The summed E-state index contributed by atoms with van der Waals surface area (Å²) < 4.78 is 9.48. The molecule has 0 radical (unpaired) electrons. The van der Waals surface area contributed by atoms with E-state index >= 15 is 0 Å². The first-order chi connectivity index (χ1) is 8.58. The summed E-state index contributed by atoms with van der Waals surface area (Å²) >= 11 is 0. The number of nitro benzene ring substituents is 1. The number of H-pyrrole nitrogens is 1. The normalized spacial score (nSPS) is 10.3. The van der Waals surface area contributed by atoms with Crippen molar-refractivity contribution in [2.75, 3.05) is 14.2 Å². The van der Waals surface area contributed by atoms with Crippen molar-refractivity contribution in [3.63, 3.8) is 0 Å². The van der Waals surface area contributed by atoms with Crippen LogP contribution in [0.5, 0.6) is 5.75 Å². The smallest absolute Gasteiger partial charge is 0.354 e. The molecule has 0 atom stereocenters. The van der Waals surface area contributed by atoms with Crippen LogP contribution in [0, 0.1) is 10.1 Å². The summed E-state index contributed by atoms with van der Waals surface area (Å²) in [6.07, 6.45) is 0. The lowest BCUT2D eigenvalue weighted by Crippen LogP contribution is -2.01. The van der Waals surface area contributed by atoms with Gasteiger partial charge >= 0.3 is 11.7 Å². The average Bonchev–Trinajstić information content (AvgIpc) is 2.79. The Morgan fingerprint density at radius 3 is 2.67 bits per heavy atom. The SMILES string of the molecule is COC(=O)c1cc2ccc(OC)c([N+](=O)[O-])c2[nH]1. The van der Waals surface area contributed by atoms with Gasteiger partial charge in [0.05, 0.1) is 19.1 Å². The Balaban J connectivity index is 2.72. The third kappa shape index (κ3) is 1.75. The van der Waals surface area contributed by atoms with Gasteiger partial charge in [0.2, 0.25) is 0 Å². The first-order valence-corrected chi connectivity index (χ1v) is 5.01. The van der Waals surface area contributed by atoms with Gasteiger partial charge in [-0.05, 0) is 18.2 Å². The van der Waals surface area contributed by atoms with Gasteiger partial charge in [-0.15, -0.1) is 0 Å². The second-order valence-corrected chi connectivity index (χ2v) is 3.51. The number of hydrogen-bond donors (Lipinski definition) is 1. The van der Waals surface area contributed by atoms with E-state index in [2.05, 4.69) is 9.72 Å². The maximum absolute atomic E-state index is 11.4. The molecule has 2 rings (SSSR count). The highest BCUT2D eigenvalue weighted by Gasteiger charge is 2.22. The first kappa shape index (κ1) is 11.9. The molecule has 0 amide bonds. The maximum Gasteiger partial charge on any atom is 0.354 e. The minimum absolute atomic E-state index is 0.130. The highest BCUT2D eigenvalue weighted by atomic mass is 16.6. The number of ether oxygens (including phenoxy) is 2. The first-order valence-electron chi connectivity index (χ1n) is 5.01. The molecular formula is C11H10N2O5. The Morgan fingerprint density at radius 1 is 1.39 bits per heavy atom. The summed E-state index contributed by atoms with van der Waals surface area (Å²) in [7, 11) is 2.58. The second-order valence-electron chi connectivity index (χ2n) is 3.51. The lowest BCUT2D eigenvalue weighted by atomic mass is 10.2. The Labute approximate surface area is 101 Å². The Morgan fingerprint density at radius 2 is 2.11 bits per heavy atom. The molecular weight excluding hydrogens is 240 g/mol. The largest absolute Gasteiger partial charge is 0.490 e. The van der Waals surface area contributed by atoms with Gasteiger partial charge in [0, 0.05) is 5.39 Å². The molecule has 0 saturated carbocycles. The minimum Gasteiger partial charge on any atom is -0.490 e. The van der Waals surface area contributed by atoms with Crippen LogP contribution in [0.1, 0.15) is 10.5 Å². The Kier molecular flexibility index (Phi) is 2.88. The van der Waals surface area contributed by atoms with Gasteiger partial charge in [-0.3, -0.25) is 10.1 Å². The monoisotopic (exact) mass is 250 g/mol. The topological polar surface area (TPSA) is 94.5 Å². The fraction of sp³-hybridized carbons (Fsp3) is 0.182. The summed E-state index contributed by atoms with van der Waals surface area (Å²) in [5.41, 5.74) is 0.189. The number of esters is 1. The molecule has 1 aromatic heterocycles. The van der Waals surface area contributed by atoms with Crippen molar-refractivity contribution < 1.29 is 19.2 Å². The lowest BCUT2D eigenvalue weighted by Gasteiger charge is -2.01. The van der Waals surface area contributed by atoms with E-state index < -0.39 is 10.9 Å².